The minimum atomic E-state index is -0.265. The molecule has 0 saturated carbocycles. The Kier molecular flexibility index (Phi) is 5.26. The Hall–Kier alpha value is -2.34. The maximum atomic E-state index is 12.8. The Labute approximate surface area is 137 Å². The van der Waals surface area contributed by atoms with Crippen LogP contribution in [0.4, 0.5) is 4.39 Å². The minimum absolute atomic E-state index is 0.265. The third-order valence-corrected chi connectivity index (χ3v) is 3.93. The van der Waals surface area contributed by atoms with Gasteiger partial charge in [0.25, 0.3) is 5.22 Å². The van der Waals surface area contributed by atoms with E-state index in [1.54, 1.807) is 12.1 Å². The van der Waals surface area contributed by atoms with Crippen molar-refractivity contribution in [3.63, 3.8) is 0 Å². The molecule has 0 saturated heterocycles. The van der Waals surface area contributed by atoms with E-state index in [0.29, 0.717) is 23.5 Å². The van der Waals surface area contributed by atoms with Crippen molar-refractivity contribution >= 4 is 11.8 Å². The Morgan fingerprint density at radius 1 is 1.00 bits per heavy atom. The molecule has 2 aromatic carbocycles. The van der Waals surface area contributed by atoms with Gasteiger partial charge in [0.1, 0.15) is 11.6 Å². The largest absolute Gasteiger partial charge is 0.494 e. The molecule has 0 aliphatic heterocycles. The van der Waals surface area contributed by atoms with Gasteiger partial charge in [-0.1, -0.05) is 30.0 Å². The summed E-state index contributed by atoms with van der Waals surface area (Å²) >= 11 is 1.49. The van der Waals surface area contributed by atoms with Crippen molar-refractivity contribution in [3.8, 4) is 17.2 Å². The van der Waals surface area contributed by atoms with Gasteiger partial charge in [0.05, 0.1) is 6.61 Å². The summed E-state index contributed by atoms with van der Waals surface area (Å²) in [7, 11) is 0. The van der Waals surface area contributed by atoms with Gasteiger partial charge in [-0.15, -0.1) is 10.2 Å². The standard InChI is InChI=1S/C17H15FN2O2S/c18-14-7-9-15(10-8-14)21-11-4-12-23-17-20-19-16(22-17)13-5-2-1-3-6-13/h1-3,5-10H,4,11-12H2. The lowest BCUT2D eigenvalue weighted by Gasteiger charge is -2.04. The average molecular weight is 330 g/mol. The highest BCUT2D eigenvalue weighted by atomic mass is 32.2. The quantitative estimate of drug-likeness (QED) is 0.473. The van der Waals surface area contributed by atoms with Crippen LogP contribution in [0, 0.1) is 5.82 Å². The number of hydrogen-bond acceptors (Lipinski definition) is 5. The highest BCUT2D eigenvalue weighted by molar-refractivity contribution is 7.99. The van der Waals surface area contributed by atoms with Crippen LogP contribution in [0.2, 0.25) is 0 Å². The zero-order chi connectivity index (χ0) is 15.9. The molecular weight excluding hydrogens is 315 g/mol. The first-order valence-electron chi connectivity index (χ1n) is 7.21. The number of hydrogen-bond donors (Lipinski definition) is 0. The summed E-state index contributed by atoms with van der Waals surface area (Å²) in [6.45, 7) is 0.554. The topological polar surface area (TPSA) is 48.2 Å². The number of ether oxygens (including phenoxy) is 1. The first-order valence-corrected chi connectivity index (χ1v) is 8.20. The predicted octanol–water partition coefficient (Wildman–Crippen LogP) is 4.44. The molecule has 0 bridgehead atoms. The van der Waals surface area contributed by atoms with Crippen LogP contribution in [-0.4, -0.2) is 22.6 Å². The minimum Gasteiger partial charge on any atom is -0.494 e. The van der Waals surface area contributed by atoms with Gasteiger partial charge < -0.3 is 9.15 Å². The average Bonchev–Trinajstić information content (AvgIpc) is 3.06. The van der Waals surface area contributed by atoms with E-state index in [0.717, 1.165) is 17.7 Å². The first-order chi connectivity index (χ1) is 11.3. The van der Waals surface area contributed by atoms with Crippen LogP contribution in [-0.2, 0) is 0 Å². The molecule has 4 nitrogen and oxygen atoms in total. The predicted molar refractivity (Wildman–Crippen MR) is 87.0 cm³/mol. The molecule has 3 rings (SSSR count). The SMILES string of the molecule is Fc1ccc(OCCCSc2nnc(-c3ccccc3)o2)cc1. The smallest absolute Gasteiger partial charge is 0.276 e. The third kappa shape index (κ3) is 4.56. The lowest BCUT2D eigenvalue weighted by molar-refractivity contribution is 0.318. The molecule has 23 heavy (non-hydrogen) atoms. The summed E-state index contributed by atoms with van der Waals surface area (Å²) in [6, 6.07) is 15.7. The number of aromatic nitrogens is 2. The monoisotopic (exact) mass is 330 g/mol. The molecule has 0 radical (unpaired) electrons. The van der Waals surface area contributed by atoms with Crippen molar-refractivity contribution in [3.05, 3.63) is 60.4 Å². The van der Waals surface area contributed by atoms with E-state index >= 15 is 0 Å². The molecule has 118 valence electrons. The van der Waals surface area contributed by atoms with Gasteiger partial charge in [0, 0.05) is 11.3 Å². The van der Waals surface area contributed by atoms with E-state index in [9.17, 15) is 4.39 Å². The van der Waals surface area contributed by atoms with Crippen LogP contribution in [0.3, 0.4) is 0 Å². The normalized spacial score (nSPS) is 10.7. The Balaban J connectivity index is 1.41. The lowest BCUT2D eigenvalue weighted by atomic mass is 10.2. The van der Waals surface area contributed by atoms with Crippen molar-refractivity contribution < 1.29 is 13.5 Å². The molecule has 0 aliphatic carbocycles. The second-order valence-corrected chi connectivity index (χ2v) is 5.79. The summed E-state index contributed by atoms with van der Waals surface area (Å²) < 4.78 is 23.9. The molecule has 0 fully saturated rings. The maximum absolute atomic E-state index is 12.8. The molecule has 0 aliphatic rings. The summed E-state index contributed by atoms with van der Waals surface area (Å²) in [4.78, 5) is 0. The van der Waals surface area contributed by atoms with Crippen LogP contribution < -0.4 is 4.74 Å². The van der Waals surface area contributed by atoms with E-state index in [2.05, 4.69) is 10.2 Å². The van der Waals surface area contributed by atoms with Gasteiger partial charge >= 0.3 is 0 Å². The number of halogens is 1. The van der Waals surface area contributed by atoms with Crippen LogP contribution in [0.25, 0.3) is 11.5 Å². The Morgan fingerprint density at radius 3 is 2.57 bits per heavy atom. The van der Waals surface area contributed by atoms with Crippen molar-refractivity contribution in [2.75, 3.05) is 12.4 Å². The van der Waals surface area contributed by atoms with E-state index < -0.39 is 0 Å². The van der Waals surface area contributed by atoms with Gasteiger partial charge in [-0.25, -0.2) is 4.39 Å². The molecule has 0 spiro atoms. The van der Waals surface area contributed by atoms with Crippen molar-refractivity contribution in [1.82, 2.24) is 10.2 Å². The van der Waals surface area contributed by atoms with Gasteiger partial charge in [-0.3, -0.25) is 0 Å². The van der Waals surface area contributed by atoms with Crippen LogP contribution >= 0.6 is 11.8 Å². The summed E-state index contributed by atoms with van der Waals surface area (Å²) in [5.74, 6) is 1.73. The molecule has 1 aromatic heterocycles. The second-order valence-electron chi connectivity index (χ2n) is 4.74. The number of thioether (sulfide) groups is 1. The van der Waals surface area contributed by atoms with Crippen molar-refractivity contribution in [1.29, 1.82) is 0 Å². The van der Waals surface area contributed by atoms with Crippen molar-refractivity contribution in [2.45, 2.75) is 11.6 Å². The summed E-state index contributed by atoms with van der Waals surface area (Å²) in [6.07, 6.45) is 0.824. The number of benzene rings is 2. The molecule has 6 heteroatoms. The number of rotatable bonds is 7. The fraction of sp³-hybridized carbons (Fsp3) is 0.176. The summed E-state index contributed by atoms with van der Waals surface area (Å²) in [5.41, 5.74) is 0.909. The van der Waals surface area contributed by atoms with Gasteiger partial charge in [0.15, 0.2) is 0 Å². The molecular formula is C17H15FN2O2S. The second kappa shape index (κ2) is 7.78. The summed E-state index contributed by atoms with van der Waals surface area (Å²) in [5, 5.41) is 8.61. The Bertz CT molecular complexity index is 732. The van der Waals surface area contributed by atoms with Gasteiger partial charge in [-0.2, -0.15) is 0 Å². The zero-order valence-corrected chi connectivity index (χ0v) is 13.1. The van der Waals surface area contributed by atoms with Crippen LogP contribution in [0.1, 0.15) is 6.42 Å². The molecule has 0 atom stereocenters. The van der Waals surface area contributed by atoms with E-state index in [4.69, 9.17) is 9.15 Å². The Morgan fingerprint density at radius 2 is 1.78 bits per heavy atom. The third-order valence-electron chi connectivity index (χ3n) is 3.02. The number of nitrogens with zero attached hydrogens (tertiary/aromatic N) is 2. The highest BCUT2D eigenvalue weighted by Crippen LogP contribution is 2.23. The molecule has 3 aromatic rings. The molecule has 1 heterocycles. The molecule has 0 amide bonds. The van der Waals surface area contributed by atoms with E-state index in [1.807, 2.05) is 30.3 Å². The molecule has 0 unspecified atom stereocenters. The first kappa shape index (κ1) is 15.6. The van der Waals surface area contributed by atoms with Crippen LogP contribution in [0.5, 0.6) is 5.75 Å². The highest BCUT2D eigenvalue weighted by Gasteiger charge is 2.08. The maximum Gasteiger partial charge on any atom is 0.276 e. The van der Waals surface area contributed by atoms with Crippen LogP contribution in [0.15, 0.2) is 64.2 Å². The lowest BCUT2D eigenvalue weighted by Crippen LogP contribution is -1.98. The fourth-order valence-electron chi connectivity index (χ4n) is 1.90. The zero-order valence-electron chi connectivity index (χ0n) is 12.3. The molecule has 0 N–H and O–H groups in total. The van der Waals surface area contributed by atoms with Crippen molar-refractivity contribution in [2.24, 2.45) is 0 Å². The van der Waals surface area contributed by atoms with E-state index in [-0.39, 0.29) is 5.82 Å². The van der Waals surface area contributed by atoms with Gasteiger partial charge in [-0.05, 0) is 42.8 Å². The van der Waals surface area contributed by atoms with Gasteiger partial charge in [0.2, 0.25) is 5.89 Å². The fourth-order valence-corrected chi connectivity index (χ4v) is 2.58. The van der Waals surface area contributed by atoms with E-state index in [1.165, 1.54) is 23.9 Å².